The third kappa shape index (κ3) is 9.72. The van der Waals surface area contributed by atoms with E-state index in [1.807, 2.05) is 46.8 Å². The van der Waals surface area contributed by atoms with Crippen LogP contribution in [0.25, 0.3) is 0 Å². The minimum absolute atomic E-state index is 0.0285. The van der Waals surface area contributed by atoms with Crippen molar-refractivity contribution in [3.8, 4) is 0 Å². The van der Waals surface area contributed by atoms with E-state index in [9.17, 15) is 23.5 Å². The highest BCUT2D eigenvalue weighted by molar-refractivity contribution is 8.22. The Labute approximate surface area is 313 Å². The van der Waals surface area contributed by atoms with E-state index in [1.165, 1.54) is 7.11 Å². The summed E-state index contributed by atoms with van der Waals surface area (Å²) in [6.07, 6.45) is 6.35. The minimum atomic E-state index is -2.78. The fourth-order valence-electron chi connectivity index (χ4n) is 8.70. The number of carbonyl (C=O) groups excluding carboxylic acids is 3. The van der Waals surface area contributed by atoms with Crippen LogP contribution < -0.4 is 16.0 Å². The zero-order chi connectivity index (χ0) is 36.7. The van der Waals surface area contributed by atoms with Gasteiger partial charge in [0.05, 0.1) is 12.9 Å². The number of benzene rings is 2. The quantitative estimate of drug-likeness (QED) is 0.176. The number of ether oxygens (including phenoxy) is 2. The number of carbonyl (C=O) groups is 3. The van der Waals surface area contributed by atoms with Crippen molar-refractivity contribution in [2.75, 3.05) is 39.0 Å². The normalized spacial score (nSPS) is 27.8. The maximum absolute atomic E-state index is 14.4. The SMILES string of the molecule is COC(=O)N[C@@H](C(=O)N[C@H]1CCC[C@@H]1CC[C@H]1CN[C@@H]2CCCS(O)(O)N1C2)[C@@H](c1ccc(Cl)cc1)C1CCN(C(=O)OCc2ccccc2)CC1. The second-order valence-electron chi connectivity index (χ2n) is 14.8. The van der Waals surface area contributed by atoms with Gasteiger partial charge in [0.2, 0.25) is 5.91 Å². The molecule has 4 fully saturated rings. The van der Waals surface area contributed by atoms with Gasteiger partial charge in [0.1, 0.15) is 12.6 Å². The van der Waals surface area contributed by atoms with Gasteiger partial charge in [0.15, 0.2) is 0 Å². The zero-order valence-electron chi connectivity index (χ0n) is 30.0. The first-order valence-electron chi connectivity index (χ1n) is 18.7. The fraction of sp³-hybridized carbons (Fsp3) is 0.605. The predicted molar refractivity (Wildman–Crippen MR) is 202 cm³/mol. The molecule has 3 aliphatic heterocycles. The molecule has 6 rings (SSSR count). The summed E-state index contributed by atoms with van der Waals surface area (Å²) in [5.41, 5.74) is 1.79. The highest BCUT2D eigenvalue weighted by Crippen LogP contribution is 2.49. The molecule has 3 heterocycles. The smallest absolute Gasteiger partial charge is 0.410 e. The van der Waals surface area contributed by atoms with E-state index in [2.05, 4.69) is 16.0 Å². The molecule has 2 aromatic rings. The highest BCUT2D eigenvalue weighted by Gasteiger charge is 2.42. The van der Waals surface area contributed by atoms with Crippen LogP contribution in [0.4, 0.5) is 9.59 Å². The Kier molecular flexibility index (Phi) is 13.3. The summed E-state index contributed by atoms with van der Waals surface area (Å²) in [6, 6.07) is 16.3. The molecule has 3 saturated heterocycles. The Balaban J connectivity index is 1.13. The zero-order valence-corrected chi connectivity index (χ0v) is 31.5. The van der Waals surface area contributed by atoms with Gasteiger partial charge >= 0.3 is 12.2 Å². The number of rotatable bonds is 11. The predicted octanol–water partition coefficient (Wildman–Crippen LogP) is 6.36. The number of methoxy groups -OCH3 is 1. The van der Waals surface area contributed by atoms with E-state index in [4.69, 9.17) is 21.1 Å². The number of nitrogens with one attached hydrogen (secondary N) is 3. The van der Waals surface area contributed by atoms with E-state index in [-0.39, 0.29) is 48.6 Å². The van der Waals surface area contributed by atoms with Crippen molar-refractivity contribution in [3.05, 3.63) is 70.7 Å². The molecule has 286 valence electrons. The van der Waals surface area contributed by atoms with E-state index < -0.39 is 28.8 Å². The number of hydrogen-bond donors (Lipinski definition) is 5. The fourth-order valence-corrected chi connectivity index (χ4v) is 10.7. The number of hydrogen-bond acceptors (Lipinski definition) is 9. The van der Waals surface area contributed by atoms with Crippen molar-refractivity contribution < 1.29 is 33.0 Å². The van der Waals surface area contributed by atoms with Crippen molar-refractivity contribution in [1.29, 1.82) is 0 Å². The first-order valence-corrected chi connectivity index (χ1v) is 20.8. The number of nitrogens with zero attached hydrogens (tertiary/aromatic N) is 2. The number of fused-ring (bicyclic) bond motifs is 2. The lowest BCUT2D eigenvalue weighted by Gasteiger charge is -2.49. The van der Waals surface area contributed by atoms with Crippen molar-refractivity contribution in [2.45, 2.75) is 94.5 Å². The van der Waals surface area contributed by atoms with Crippen LogP contribution in [0.5, 0.6) is 0 Å². The molecule has 1 saturated carbocycles. The second-order valence-corrected chi connectivity index (χ2v) is 17.4. The molecule has 0 aromatic heterocycles. The van der Waals surface area contributed by atoms with E-state index in [1.54, 1.807) is 17.0 Å². The lowest BCUT2D eigenvalue weighted by Crippen LogP contribution is -2.56. The molecule has 0 spiro atoms. The van der Waals surface area contributed by atoms with Gasteiger partial charge in [-0.3, -0.25) is 13.9 Å². The molecule has 52 heavy (non-hydrogen) atoms. The summed E-state index contributed by atoms with van der Waals surface area (Å²) >= 11 is 6.29. The van der Waals surface area contributed by atoms with Gasteiger partial charge in [-0.1, -0.05) is 60.5 Å². The lowest BCUT2D eigenvalue weighted by molar-refractivity contribution is -0.125. The molecule has 2 aromatic carbocycles. The van der Waals surface area contributed by atoms with Crippen LogP contribution >= 0.6 is 22.4 Å². The summed E-state index contributed by atoms with van der Waals surface area (Å²) in [5.74, 6) is -0.0650. The molecule has 0 radical (unpaired) electrons. The summed E-state index contributed by atoms with van der Waals surface area (Å²) in [5, 5.41) is 10.4. The average molecular weight is 760 g/mol. The van der Waals surface area contributed by atoms with E-state index in [0.29, 0.717) is 43.3 Å². The maximum atomic E-state index is 14.4. The molecule has 12 nitrogen and oxygen atoms in total. The number of likely N-dealkylation sites (tertiary alicyclic amines) is 1. The number of piperazine rings is 1. The maximum Gasteiger partial charge on any atom is 0.410 e. The molecule has 5 N–H and O–H groups in total. The number of amides is 3. The topological polar surface area (TPSA) is 153 Å². The van der Waals surface area contributed by atoms with E-state index >= 15 is 0 Å². The van der Waals surface area contributed by atoms with Gasteiger partial charge in [-0.2, -0.15) is 0 Å². The van der Waals surface area contributed by atoms with Gasteiger partial charge in [-0.05, 0) is 86.5 Å². The molecule has 2 bridgehead atoms. The molecular weight excluding hydrogens is 706 g/mol. The summed E-state index contributed by atoms with van der Waals surface area (Å²) < 4.78 is 34.4. The summed E-state index contributed by atoms with van der Waals surface area (Å²) in [4.78, 5) is 41.9. The first kappa shape index (κ1) is 38.6. The van der Waals surface area contributed by atoms with Crippen LogP contribution in [0.3, 0.4) is 0 Å². The number of piperidine rings is 1. The van der Waals surface area contributed by atoms with Crippen LogP contribution in [0.2, 0.25) is 5.02 Å². The van der Waals surface area contributed by atoms with Crippen molar-refractivity contribution >= 4 is 40.5 Å². The van der Waals surface area contributed by atoms with Gasteiger partial charge in [0.25, 0.3) is 0 Å². The van der Waals surface area contributed by atoms with Crippen molar-refractivity contribution in [2.24, 2.45) is 11.8 Å². The molecule has 1 aliphatic carbocycles. The van der Waals surface area contributed by atoms with Crippen LogP contribution in [0, 0.1) is 11.8 Å². The van der Waals surface area contributed by atoms with Crippen LogP contribution in [-0.4, -0.2) is 99.6 Å². The number of alkyl carbamates (subject to hydrolysis) is 1. The Bertz CT molecular complexity index is 1500. The van der Waals surface area contributed by atoms with Crippen LogP contribution in [0.15, 0.2) is 54.6 Å². The standard InChI is InChI=1S/C38H54ClN5O7S/c1-50-37(46)42-35(36(45)41-33-11-5-9-27(33)14-17-32-23-40-31-10-6-22-52(48,49)44(32)24-31)34(28-12-15-30(39)16-13-28)29-18-20-43(21-19-29)38(47)51-25-26-7-3-2-4-8-26/h2-4,7-8,12-13,15-16,27,29,31-35,40,48-49H,5-6,9-11,14,17-25H2,1H3,(H,41,45)(H,42,46)/t27-,31-,32+,33+,34+,35-/m1/s1. The van der Waals surface area contributed by atoms with Gasteiger partial charge < -0.3 is 30.3 Å². The van der Waals surface area contributed by atoms with Crippen molar-refractivity contribution in [3.63, 3.8) is 0 Å². The van der Waals surface area contributed by atoms with Crippen molar-refractivity contribution in [1.82, 2.24) is 25.2 Å². The molecule has 3 amide bonds. The molecule has 7 atom stereocenters. The van der Waals surface area contributed by atoms with Gasteiger partial charge in [-0.15, -0.1) is 10.8 Å². The minimum Gasteiger partial charge on any atom is -0.453 e. The van der Waals surface area contributed by atoms with Gasteiger partial charge in [-0.25, -0.2) is 13.9 Å². The lowest BCUT2D eigenvalue weighted by atomic mass is 9.75. The molecular formula is C38H54ClN5O7S. The number of halogens is 1. The van der Waals surface area contributed by atoms with Gasteiger partial charge in [0, 0.05) is 55.2 Å². The first-order chi connectivity index (χ1) is 25.1. The third-order valence-electron chi connectivity index (χ3n) is 11.5. The average Bonchev–Trinajstić information content (AvgIpc) is 3.55. The summed E-state index contributed by atoms with van der Waals surface area (Å²) in [6.45, 7) is 2.48. The largest absolute Gasteiger partial charge is 0.453 e. The second kappa shape index (κ2) is 17.8. The summed E-state index contributed by atoms with van der Waals surface area (Å²) in [7, 11) is -1.49. The highest BCUT2D eigenvalue weighted by atomic mass is 35.5. The monoisotopic (exact) mass is 759 g/mol. The third-order valence-corrected chi connectivity index (χ3v) is 13.8. The van der Waals surface area contributed by atoms with Crippen LogP contribution in [0.1, 0.15) is 74.8 Å². The Morgan fingerprint density at radius 1 is 0.981 bits per heavy atom. The Morgan fingerprint density at radius 3 is 2.46 bits per heavy atom. The van der Waals surface area contributed by atoms with Crippen LogP contribution in [-0.2, 0) is 20.9 Å². The molecule has 1 unspecified atom stereocenters. The molecule has 4 aliphatic rings. The molecule has 14 heteroatoms. The van der Waals surface area contributed by atoms with E-state index in [0.717, 1.165) is 62.6 Å². The Hall–Kier alpha value is -3.07. The Morgan fingerprint density at radius 2 is 1.73 bits per heavy atom.